The second-order valence-electron chi connectivity index (χ2n) is 8.13. The molecule has 1 aliphatic rings. The fourth-order valence-corrected chi connectivity index (χ4v) is 5.91. The molecule has 3 unspecified atom stereocenters. The van der Waals surface area contributed by atoms with E-state index in [-0.39, 0.29) is 22.5 Å². The van der Waals surface area contributed by atoms with Crippen LogP contribution in [0, 0.1) is 5.92 Å². The Morgan fingerprint density at radius 2 is 2.06 bits per heavy atom. The first kappa shape index (κ1) is 22.6. The summed E-state index contributed by atoms with van der Waals surface area (Å²) in [5.74, 6) is -0.547. The van der Waals surface area contributed by atoms with Crippen molar-refractivity contribution in [2.45, 2.75) is 43.5 Å². The van der Waals surface area contributed by atoms with E-state index in [1.165, 1.54) is 36.4 Å². The number of ether oxygens (including phenoxy) is 1. The normalized spacial score (nSPS) is 17.7. The van der Waals surface area contributed by atoms with Crippen LogP contribution in [0.15, 0.2) is 50.5 Å². The van der Waals surface area contributed by atoms with E-state index in [0.29, 0.717) is 10.9 Å². The van der Waals surface area contributed by atoms with Gasteiger partial charge in [0, 0.05) is 17.0 Å². The van der Waals surface area contributed by atoms with Crippen LogP contribution in [-0.4, -0.2) is 25.7 Å². The summed E-state index contributed by atoms with van der Waals surface area (Å²) in [5, 5.41) is 6.49. The van der Waals surface area contributed by atoms with Gasteiger partial charge in [-0.25, -0.2) is 18.3 Å². The van der Waals surface area contributed by atoms with E-state index in [0.717, 1.165) is 18.4 Å². The zero-order valence-corrected chi connectivity index (χ0v) is 19.5. The SMILES string of the molecule is COc1cc(Cl)ccc1S(=O)(=O)NC(c1n[nH]c(=O)o1)C(C)c1cccc2c1CC(C)C2. The van der Waals surface area contributed by atoms with Crippen molar-refractivity contribution in [2.24, 2.45) is 5.92 Å². The standard InChI is InChI=1S/C22H24ClN3O5S/c1-12-9-14-5-4-6-16(17(14)10-12)13(2)20(21-24-25-22(27)31-21)26-32(28,29)19-8-7-15(23)11-18(19)30-3/h4-8,11-13,20,26H,9-10H2,1-3H3,(H,25,27). The molecule has 8 nitrogen and oxygen atoms in total. The smallest absolute Gasteiger partial charge is 0.434 e. The van der Waals surface area contributed by atoms with E-state index in [9.17, 15) is 13.2 Å². The number of aromatic amines is 1. The van der Waals surface area contributed by atoms with Crippen molar-refractivity contribution in [3.05, 3.63) is 74.6 Å². The molecular weight excluding hydrogens is 454 g/mol. The van der Waals surface area contributed by atoms with Crippen LogP contribution in [0.3, 0.4) is 0 Å². The lowest BCUT2D eigenvalue weighted by molar-refractivity contribution is 0.378. The molecule has 0 aliphatic heterocycles. The zero-order valence-electron chi connectivity index (χ0n) is 17.9. The molecule has 3 atom stereocenters. The molecule has 0 fully saturated rings. The molecule has 0 saturated heterocycles. The van der Waals surface area contributed by atoms with Crippen LogP contribution < -0.4 is 15.2 Å². The van der Waals surface area contributed by atoms with Crippen LogP contribution in [0.2, 0.25) is 5.02 Å². The maximum Gasteiger partial charge on any atom is 0.434 e. The van der Waals surface area contributed by atoms with E-state index in [1.807, 2.05) is 19.1 Å². The zero-order chi connectivity index (χ0) is 23.0. The monoisotopic (exact) mass is 477 g/mol. The molecule has 2 N–H and O–H groups in total. The highest BCUT2D eigenvalue weighted by molar-refractivity contribution is 7.89. The number of benzene rings is 2. The molecule has 0 bridgehead atoms. The largest absolute Gasteiger partial charge is 0.495 e. The van der Waals surface area contributed by atoms with Gasteiger partial charge in [-0.3, -0.25) is 0 Å². The number of nitrogens with zero attached hydrogens (tertiary/aromatic N) is 1. The van der Waals surface area contributed by atoms with E-state index in [4.69, 9.17) is 20.8 Å². The summed E-state index contributed by atoms with van der Waals surface area (Å²) in [6.07, 6.45) is 1.89. The molecule has 1 aliphatic carbocycles. The van der Waals surface area contributed by atoms with Gasteiger partial charge in [0.25, 0.3) is 0 Å². The summed E-state index contributed by atoms with van der Waals surface area (Å²) in [6.45, 7) is 4.08. The lowest BCUT2D eigenvalue weighted by atomic mass is 9.88. The van der Waals surface area contributed by atoms with Crippen LogP contribution in [0.4, 0.5) is 0 Å². The van der Waals surface area contributed by atoms with E-state index in [2.05, 4.69) is 27.9 Å². The Morgan fingerprint density at radius 3 is 2.75 bits per heavy atom. The number of nitrogens with one attached hydrogen (secondary N) is 2. The Morgan fingerprint density at radius 1 is 1.28 bits per heavy atom. The third kappa shape index (κ3) is 4.32. The summed E-state index contributed by atoms with van der Waals surface area (Å²) in [5.41, 5.74) is 3.46. The summed E-state index contributed by atoms with van der Waals surface area (Å²) in [6, 6.07) is 9.39. The van der Waals surface area contributed by atoms with Crippen molar-refractivity contribution in [1.82, 2.24) is 14.9 Å². The first-order chi connectivity index (χ1) is 15.2. The highest BCUT2D eigenvalue weighted by atomic mass is 35.5. The molecule has 4 rings (SSSR count). The fourth-order valence-electron chi connectivity index (χ4n) is 4.33. The summed E-state index contributed by atoms with van der Waals surface area (Å²) in [7, 11) is -2.72. The average Bonchev–Trinajstić information content (AvgIpc) is 3.35. The Kier molecular flexibility index (Phi) is 6.15. The molecule has 170 valence electrons. The van der Waals surface area contributed by atoms with Gasteiger partial charge in [0.1, 0.15) is 16.7 Å². The van der Waals surface area contributed by atoms with Gasteiger partial charge in [-0.15, -0.1) is 5.10 Å². The lowest BCUT2D eigenvalue weighted by Gasteiger charge is -2.25. The van der Waals surface area contributed by atoms with Crippen molar-refractivity contribution < 1.29 is 17.6 Å². The van der Waals surface area contributed by atoms with Crippen LogP contribution in [-0.2, 0) is 22.9 Å². The molecule has 0 radical (unpaired) electrons. The summed E-state index contributed by atoms with van der Waals surface area (Å²) >= 11 is 5.99. The number of hydrogen-bond donors (Lipinski definition) is 2. The minimum Gasteiger partial charge on any atom is -0.495 e. The number of methoxy groups -OCH3 is 1. The van der Waals surface area contributed by atoms with Crippen LogP contribution in [0.25, 0.3) is 0 Å². The van der Waals surface area contributed by atoms with Gasteiger partial charge < -0.3 is 9.15 Å². The van der Waals surface area contributed by atoms with E-state index in [1.54, 1.807) is 0 Å². The molecular formula is C22H24ClN3O5S. The van der Waals surface area contributed by atoms with Crippen molar-refractivity contribution in [3.63, 3.8) is 0 Å². The van der Waals surface area contributed by atoms with Crippen LogP contribution in [0.1, 0.15) is 48.4 Å². The molecule has 32 heavy (non-hydrogen) atoms. The topological polar surface area (TPSA) is 114 Å². The number of sulfonamides is 1. The number of H-pyrrole nitrogens is 1. The van der Waals surface area contributed by atoms with Gasteiger partial charge in [-0.05, 0) is 47.6 Å². The van der Waals surface area contributed by atoms with Gasteiger partial charge in [-0.2, -0.15) is 4.72 Å². The molecule has 2 aromatic carbocycles. The van der Waals surface area contributed by atoms with E-state index >= 15 is 0 Å². The van der Waals surface area contributed by atoms with Crippen LogP contribution in [0.5, 0.6) is 5.75 Å². The Labute approximate surface area is 191 Å². The van der Waals surface area contributed by atoms with Gasteiger partial charge in [-0.1, -0.05) is 43.6 Å². The molecule has 0 spiro atoms. The highest BCUT2D eigenvalue weighted by Crippen LogP contribution is 2.38. The average molecular weight is 478 g/mol. The van der Waals surface area contributed by atoms with Crippen molar-refractivity contribution in [2.75, 3.05) is 7.11 Å². The Bertz CT molecular complexity index is 1300. The first-order valence-electron chi connectivity index (χ1n) is 10.2. The minimum atomic E-state index is -4.09. The van der Waals surface area contributed by atoms with Crippen molar-refractivity contribution >= 4 is 21.6 Å². The van der Waals surface area contributed by atoms with Crippen molar-refractivity contribution in [3.8, 4) is 5.75 Å². The van der Waals surface area contributed by atoms with Crippen molar-refractivity contribution in [1.29, 1.82) is 0 Å². The molecule has 0 amide bonds. The molecule has 3 aromatic rings. The maximum atomic E-state index is 13.3. The van der Waals surface area contributed by atoms with Crippen LogP contribution >= 0.6 is 11.6 Å². The minimum absolute atomic E-state index is 0.0392. The van der Waals surface area contributed by atoms with E-state index < -0.39 is 21.8 Å². The second-order valence-corrected chi connectivity index (χ2v) is 10.3. The van der Waals surface area contributed by atoms with Gasteiger partial charge in [0.2, 0.25) is 15.9 Å². The lowest BCUT2D eigenvalue weighted by Crippen LogP contribution is -2.33. The summed E-state index contributed by atoms with van der Waals surface area (Å²) < 4.78 is 39.8. The Hall–Kier alpha value is -2.62. The third-order valence-corrected chi connectivity index (χ3v) is 7.55. The maximum absolute atomic E-state index is 13.3. The number of hydrogen-bond acceptors (Lipinski definition) is 6. The summed E-state index contributed by atoms with van der Waals surface area (Å²) in [4.78, 5) is 11.6. The Balaban J connectivity index is 1.77. The molecule has 0 saturated carbocycles. The fraction of sp³-hybridized carbons (Fsp3) is 0.364. The quantitative estimate of drug-likeness (QED) is 0.537. The number of aromatic nitrogens is 2. The third-order valence-electron chi connectivity index (χ3n) is 5.84. The predicted octanol–water partition coefficient (Wildman–Crippen LogP) is 3.58. The number of rotatable bonds is 7. The van der Waals surface area contributed by atoms with Gasteiger partial charge >= 0.3 is 5.76 Å². The second kappa shape index (κ2) is 8.73. The molecule has 1 heterocycles. The first-order valence-corrected chi connectivity index (χ1v) is 12.1. The number of fused-ring (bicyclic) bond motifs is 1. The molecule has 10 heteroatoms. The van der Waals surface area contributed by atoms with Gasteiger partial charge in [0.05, 0.1) is 7.11 Å². The predicted molar refractivity (Wildman–Crippen MR) is 120 cm³/mol. The highest BCUT2D eigenvalue weighted by Gasteiger charge is 2.34. The number of halogens is 1. The molecule has 1 aromatic heterocycles. The van der Waals surface area contributed by atoms with Gasteiger partial charge in [0.15, 0.2) is 0 Å².